The predicted molar refractivity (Wildman–Crippen MR) is 187 cm³/mol. The molecule has 4 aliphatic rings. The van der Waals surface area contributed by atoms with E-state index in [1.807, 2.05) is 30.3 Å². The molecule has 14 nitrogen and oxygen atoms in total. The molecule has 4 atom stereocenters. The summed E-state index contributed by atoms with van der Waals surface area (Å²) in [7, 11) is 2.81. The molecule has 0 spiro atoms. The average Bonchev–Trinajstić information content (AvgIpc) is 3.37. The standard InChI is InChI=1S/C38H32N4O10/c1-19-13-31(44)34-27(36(19)45)17-26-23(32(34)24-10-9-22(16-30(24)43)52-18-20-7-5-4-6-8-20)11-12-25-33(26)38(47)40(37(25)46)21-14-28(41(48)49)35(39(2)3)29(15-21)42(50)51/h4-11,13-16,25-26,32-33,43H,12,17-18H2,1-3H3. The highest BCUT2D eigenvalue weighted by atomic mass is 16.6. The van der Waals surface area contributed by atoms with Crippen molar-refractivity contribution in [3.63, 3.8) is 0 Å². The predicted octanol–water partition coefficient (Wildman–Crippen LogP) is 5.49. The molecular weight excluding hydrogens is 672 g/mol. The Bertz CT molecular complexity index is 2190. The van der Waals surface area contributed by atoms with Gasteiger partial charge in [-0.3, -0.25) is 39.4 Å². The summed E-state index contributed by atoms with van der Waals surface area (Å²) in [4.78, 5) is 80.2. The van der Waals surface area contributed by atoms with Gasteiger partial charge in [-0.2, -0.15) is 0 Å². The number of ketones is 2. The third-order valence-corrected chi connectivity index (χ3v) is 10.3. The number of allylic oxidation sites excluding steroid dienone is 6. The first-order valence-electron chi connectivity index (χ1n) is 16.5. The lowest BCUT2D eigenvalue weighted by Gasteiger charge is -2.42. The van der Waals surface area contributed by atoms with Crippen LogP contribution in [0.25, 0.3) is 0 Å². The van der Waals surface area contributed by atoms with E-state index in [1.54, 1.807) is 18.2 Å². The normalized spacial score (nSPS) is 22.3. The highest BCUT2D eigenvalue weighted by Crippen LogP contribution is 2.57. The third kappa shape index (κ3) is 5.43. The van der Waals surface area contributed by atoms with E-state index in [0.29, 0.717) is 16.9 Å². The maximum absolute atomic E-state index is 14.4. The van der Waals surface area contributed by atoms with Crippen molar-refractivity contribution < 1.29 is 38.9 Å². The summed E-state index contributed by atoms with van der Waals surface area (Å²) in [6.07, 6.45) is 3.03. The van der Waals surface area contributed by atoms with Crippen LogP contribution in [0.2, 0.25) is 0 Å². The zero-order valence-electron chi connectivity index (χ0n) is 28.3. The molecule has 3 aromatic rings. The monoisotopic (exact) mass is 704 g/mol. The van der Waals surface area contributed by atoms with Crippen LogP contribution in [0.5, 0.6) is 11.5 Å². The molecule has 0 saturated carbocycles. The van der Waals surface area contributed by atoms with Crippen molar-refractivity contribution in [1.29, 1.82) is 0 Å². The van der Waals surface area contributed by atoms with Gasteiger partial charge in [-0.25, -0.2) is 4.90 Å². The minimum Gasteiger partial charge on any atom is -0.507 e. The van der Waals surface area contributed by atoms with Crippen LogP contribution in [0.15, 0.2) is 95.1 Å². The Hall–Kier alpha value is -6.44. The molecule has 2 amide bonds. The fourth-order valence-corrected chi connectivity index (χ4v) is 8.05. The van der Waals surface area contributed by atoms with Crippen LogP contribution in [0.4, 0.5) is 22.7 Å². The van der Waals surface area contributed by atoms with E-state index in [-0.39, 0.29) is 59.1 Å². The average molecular weight is 705 g/mol. The van der Waals surface area contributed by atoms with Crippen molar-refractivity contribution in [2.24, 2.45) is 17.8 Å². The molecular formula is C38H32N4O10. The quantitative estimate of drug-likeness (QED) is 0.103. The van der Waals surface area contributed by atoms with Crippen molar-refractivity contribution in [2.45, 2.75) is 32.3 Å². The number of rotatable bonds is 8. The SMILES string of the molecule is CC1=CC(=O)C2=C(CC3C(=CCC4C(=O)N(c5cc([N+](=O)[O-])c(N(C)C)c([N+](=O)[O-])c5)C(=O)C43)C2c2ccc(OCc3ccccc3)cc2O)C1=O. The van der Waals surface area contributed by atoms with Crippen LogP contribution in [0.3, 0.4) is 0 Å². The van der Waals surface area contributed by atoms with E-state index in [2.05, 4.69) is 0 Å². The molecule has 3 aliphatic carbocycles. The Morgan fingerprint density at radius 3 is 2.21 bits per heavy atom. The van der Waals surface area contributed by atoms with E-state index in [0.717, 1.165) is 22.6 Å². The largest absolute Gasteiger partial charge is 0.507 e. The molecule has 1 fully saturated rings. The summed E-state index contributed by atoms with van der Waals surface area (Å²) in [6, 6.07) is 16.1. The number of amides is 2. The van der Waals surface area contributed by atoms with Crippen molar-refractivity contribution in [2.75, 3.05) is 23.9 Å². The number of carbonyl (C=O) groups excluding carboxylic acids is 4. The Labute approximate surface area is 296 Å². The molecule has 0 aromatic heterocycles. The van der Waals surface area contributed by atoms with Gasteiger partial charge < -0.3 is 14.7 Å². The van der Waals surface area contributed by atoms with E-state index in [1.165, 1.54) is 38.1 Å². The van der Waals surface area contributed by atoms with Crippen LogP contribution in [0.1, 0.15) is 36.8 Å². The van der Waals surface area contributed by atoms with Gasteiger partial charge in [-0.05, 0) is 43.4 Å². The smallest absolute Gasteiger partial charge is 0.301 e. The second kappa shape index (κ2) is 12.7. The molecule has 1 N–H and O–H groups in total. The fraction of sp³-hybridized carbons (Fsp3) is 0.263. The number of imide groups is 1. The van der Waals surface area contributed by atoms with Crippen LogP contribution in [-0.2, 0) is 25.8 Å². The summed E-state index contributed by atoms with van der Waals surface area (Å²) in [6.45, 7) is 1.76. The van der Waals surface area contributed by atoms with E-state index >= 15 is 0 Å². The lowest BCUT2D eigenvalue weighted by molar-refractivity contribution is -0.392. The second-order valence-electron chi connectivity index (χ2n) is 13.5. The Morgan fingerprint density at radius 2 is 1.60 bits per heavy atom. The van der Waals surface area contributed by atoms with Crippen LogP contribution in [-0.4, -0.2) is 52.4 Å². The Kier molecular flexibility index (Phi) is 8.32. The topological polar surface area (TPSA) is 190 Å². The van der Waals surface area contributed by atoms with E-state index < -0.39 is 62.5 Å². The Balaban J connectivity index is 1.30. The second-order valence-corrected chi connectivity index (χ2v) is 13.5. The number of aromatic hydroxyl groups is 1. The molecule has 52 heavy (non-hydrogen) atoms. The van der Waals surface area contributed by atoms with Crippen LogP contribution in [0, 0.1) is 38.0 Å². The van der Waals surface area contributed by atoms with Crippen molar-refractivity contribution in [3.8, 4) is 11.5 Å². The molecule has 3 aromatic carbocycles. The van der Waals surface area contributed by atoms with Gasteiger partial charge in [0.1, 0.15) is 18.1 Å². The number of benzene rings is 3. The molecule has 264 valence electrons. The summed E-state index contributed by atoms with van der Waals surface area (Å²) < 4.78 is 5.89. The van der Waals surface area contributed by atoms with Crippen molar-refractivity contribution in [3.05, 3.63) is 126 Å². The molecule has 0 radical (unpaired) electrons. The fourth-order valence-electron chi connectivity index (χ4n) is 8.05. The van der Waals surface area contributed by atoms with Gasteiger partial charge in [-0.15, -0.1) is 0 Å². The lowest BCUT2D eigenvalue weighted by atomic mass is 9.59. The molecule has 4 unspecified atom stereocenters. The number of anilines is 2. The minimum absolute atomic E-state index is 0.0413. The van der Waals surface area contributed by atoms with Gasteiger partial charge in [0, 0.05) is 60.5 Å². The van der Waals surface area contributed by atoms with Gasteiger partial charge in [0.2, 0.25) is 11.8 Å². The first kappa shape index (κ1) is 34.0. The summed E-state index contributed by atoms with van der Waals surface area (Å²) in [5.41, 5.74) is 0.454. The Morgan fingerprint density at radius 1 is 0.923 bits per heavy atom. The highest BCUT2D eigenvalue weighted by molar-refractivity contribution is 6.25. The van der Waals surface area contributed by atoms with Gasteiger partial charge >= 0.3 is 11.4 Å². The molecule has 14 heteroatoms. The molecule has 1 aliphatic heterocycles. The van der Waals surface area contributed by atoms with E-state index in [4.69, 9.17) is 4.74 Å². The molecule has 1 heterocycles. The van der Waals surface area contributed by atoms with Crippen LogP contribution >= 0.6 is 0 Å². The first-order chi connectivity index (χ1) is 24.8. The number of phenolic OH excluding ortho intramolecular Hbond substituents is 1. The number of phenols is 1. The van der Waals surface area contributed by atoms with Gasteiger partial charge in [0.25, 0.3) is 0 Å². The number of carbonyl (C=O) groups is 4. The molecule has 0 bridgehead atoms. The maximum Gasteiger partial charge on any atom is 0.301 e. The number of nitro groups is 2. The third-order valence-electron chi connectivity index (χ3n) is 10.3. The highest BCUT2D eigenvalue weighted by Gasteiger charge is 2.57. The zero-order valence-corrected chi connectivity index (χ0v) is 28.3. The summed E-state index contributed by atoms with van der Waals surface area (Å²) >= 11 is 0. The molecule has 1 saturated heterocycles. The van der Waals surface area contributed by atoms with Crippen molar-refractivity contribution >= 4 is 46.1 Å². The van der Waals surface area contributed by atoms with Crippen molar-refractivity contribution in [1.82, 2.24) is 0 Å². The number of nitro benzene ring substituents is 2. The number of fused-ring (bicyclic) bond motifs is 3. The molecule has 7 rings (SSSR count). The number of nitrogens with zero attached hydrogens (tertiary/aromatic N) is 4. The summed E-state index contributed by atoms with van der Waals surface area (Å²) in [5, 5.41) is 35.6. The number of ether oxygens (including phenoxy) is 1. The van der Waals surface area contributed by atoms with Gasteiger partial charge in [-0.1, -0.05) is 48.0 Å². The van der Waals surface area contributed by atoms with Gasteiger partial charge in [0.05, 0.1) is 27.4 Å². The number of hydrogen-bond donors (Lipinski definition) is 1. The number of Topliss-reactive ketones (excluding diaryl/α,β-unsaturated/α-hetero) is 1. The van der Waals surface area contributed by atoms with Gasteiger partial charge in [0.15, 0.2) is 17.3 Å². The van der Waals surface area contributed by atoms with Crippen LogP contribution < -0.4 is 14.5 Å². The lowest BCUT2D eigenvalue weighted by Crippen LogP contribution is -2.39. The van der Waals surface area contributed by atoms with E-state index in [9.17, 15) is 44.5 Å². The zero-order chi connectivity index (χ0) is 37.2. The first-order valence-corrected chi connectivity index (χ1v) is 16.5. The maximum atomic E-state index is 14.4. The summed E-state index contributed by atoms with van der Waals surface area (Å²) in [5.74, 6) is -5.75. The number of hydrogen-bond acceptors (Lipinski definition) is 11. The minimum atomic E-state index is -1.06.